The quantitative estimate of drug-likeness (QED) is 0.813. The first-order chi connectivity index (χ1) is 7.15. The number of hydrogen-bond donors (Lipinski definition) is 1. The van der Waals surface area contributed by atoms with Crippen LogP contribution in [-0.4, -0.2) is 13.6 Å². The molecule has 0 aliphatic carbocycles. The van der Waals surface area contributed by atoms with Gasteiger partial charge in [0, 0.05) is 9.80 Å². The summed E-state index contributed by atoms with van der Waals surface area (Å²) in [6.07, 6.45) is 1.23. The Labute approximate surface area is 110 Å². The predicted molar refractivity (Wildman–Crippen MR) is 75.7 cm³/mol. The van der Waals surface area contributed by atoms with E-state index in [0.29, 0.717) is 0 Å². The summed E-state index contributed by atoms with van der Waals surface area (Å²) in [6, 6.07) is 6.30. The second kappa shape index (κ2) is 9.37. The molecule has 0 unspecified atom stereocenters. The molecule has 15 heavy (non-hydrogen) atoms. The largest absolute Gasteiger partial charge is 0.320 e. The van der Waals surface area contributed by atoms with Gasteiger partial charge in [0.2, 0.25) is 0 Å². The maximum absolute atomic E-state index is 3.42. The van der Waals surface area contributed by atoms with Gasteiger partial charge in [-0.1, -0.05) is 44.8 Å². The summed E-state index contributed by atoms with van der Waals surface area (Å²) < 4.78 is 1.15. The Morgan fingerprint density at radius 2 is 2.00 bits per heavy atom. The average molecular weight is 337 g/mol. The minimum Gasteiger partial charge on any atom is -0.320 e. The highest BCUT2D eigenvalue weighted by molar-refractivity contribution is 9.10. The van der Waals surface area contributed by atoms with Gasteiger partial charge in [0.15, 0.2) is 0 Å². The second-order valence-electron chi connectivity index (χ2n) is 3.31. The smallest absolute Gasteiger partial charge is 0.0285 e. The SMILES string of the molecule is CCCNC.Cc1cc(Br)ccc1CBr. The van der Waals surface area contributed by atoms with Crippen LogP contribution in [0.2, 0.25) is 0 Å². The number of halogens is 2. The number of aryl methyl sites for hydroxylation is 1. The van der Waals surface area contributed by atoms with Crippen molar-refractivity contribution >= 4 is 31.9 Å². The highest BCUT2D eigenvalue weighted by atomic mass is 79.9. The Morgan fingerprint density at radius 1 is 1.33 bits per heavy atom. The van der Waals surface area contributed by atoms with Gasteiger partial charge in [-0.2, -0.15) is 0 Å². The van der Waals surface area contributed by atoms with E-state index in [0.717, 1.165) is 16.3 Å². The normalized spacial score (nSPS) is 9.40. The van der Waals surface area contributed by atoms with E-state index in [1.54, 1.807) is 0 Å². The molecule has 0 radical (unpaired) electrons. The van der Waals surface area contributed by atoms with Gasteiger partial charge in [0.25, 0.3) is 0 Å². The molecule has 1 aromatic rings. The molecule has 0 spiro atoms. The fraction of sp³-hybridized carbons (Fsp3) is 0.500. The number of rotatable bonds is 3. The van der Waals surface area contributed by atoms with Crippen molar-refractivity contribution in [2.24, 2.45) is 0 Å². The molecule has 0 bridgehead atoms. The fourth-order valence-electron chi connectivity index (χ4n) is 1.06. The molecule has 3 heteroatoms. The molecule has 0 aliphatic heterocycles. The number of hydrogen-bond acceptors (Lipinski definition) is 1. The molecule has 0 saturated heterocycles. The zero-order valence-corrected chi connectivity index (χ0v) is 12.8. The van der Waals surface area contributed by atoms with E-state index in [4.69, 9.17) is 0 Å². The zero-order valence-electron chi connectivity index (χ0n) is 9.61. The Morgan fingerprint density at radius 3 is 2.33 bits per heavy atom. The first-order valence-corrected chi connectivity index (χ1v) is 7.02. The van der Waals surface area contributed by atoms with Crippen molar-refractivity contribution in [2.75, 3.05) is 13.6 Å². The lowest BCUT2D eigenvalue weighted by atomic mass is 10.1. The third-order valence-electron chi connectivity index (χ3n) is 1.95. The number of alkyl halides is 1. The molecule has 1 nitrogen and oxygen atoms in total. The molecule has 0 aliphatic rings. The van der Waals surface area contributed by atoms with Crippen LogP contribution in [0.3, 0.4) is 0 Å². The lowest BCUT2D eigenvalue weighted by molar-refractivity contribution is 0.772. The highest BCUT2D eigenvalue weighted by Gasteiger charge is 1.94. The summed E-state index contributed by atoms with van der Waals surface area (Å²) in [5, 5.41) is 3.95. The van der Waals surface area contributed by atoms with Crippen molar-refractivity contribution in [1.29, 1.82) is 0 Å². The van der Waals surface area contributed by atoms with Crippen LogP contribution in [0.4, 0.5) is 0 Å². The van der Waals surface area contributed by atoms with Crippen molar-refractivity contribution in [3.63, 3.8) is 0 Å². The van der Waals surface area contributed by atoms with E-state index >= 15 is 0 Å². The van der Waals surface area contributed by atoms with E-state index < -0.39 is 0 Å². The van der Waals surface area contributed by atoms with Crippen LogP contribution in [0.15, 0.2) is 22.7 Å². The van der Waals surface area contributed by atoms with Crippen LogP contribution in [0.25, 0.3) is 0 Å². The second-order valence-corrected chi connectivity index (χ2v) is 4.78. The topological polar surface area (TPSA) is 12.0 Å². The zero-order chi connectivity index (χ0) is 11.7. The van der Waals surface area contributed by atoms with Crippen molar-refractivity contribution in [3.05, 3.63) is 33.8 Å². The molecule has 1 N–H and O–H groups in total. The Bertz CT molecular complexity index is 272. The standard InChI is InChI=1S/C8H8Br2.C4H11N/c1-6-4-8(10)3-2-7(6)5-9;1-3-4-5-2/h2-4H,5H2,1H3;5H,3-4H2,1-2H3. The van der Waals surface area contributed by atoms with Crippen LogP contribution < -0.4 is 5.32 Å². The molecule has 1 rings (SSSR count). The van der Waals surface area contributed by atoms with Crippen LogP contribution in [0.1, 0.15) is 24.5 Å². The summed E-state index contributed by atoms with van der Waals surface area (Å²) in [4.78, 5) is 0. The minimum absolute atomic E-state index is 0.937. The van der Waals surface area contributed by atoms with Crippen LogP contribution in [0, 0.1) is 6.92 Å². The van der Waals surface area contributed by atoms with E-state index in [9.17, 15) is 0 Å². The summed E-state index contributed by atoms with van der Waals surface area (Å²) in [5.74, 6) is 0. The lowest BCUT2D eigenvalue weighted by Gasteiger charge is -2.00. The molecule has 0 aromatic heterocycles. The molecule has 0 amide bonds. The van der Waals surface area contributed by atoms with Gasteiger partial charge in [-0.05, 0) is 50.2 Å². The summed E-state index contributed by atoms with van der Waals surface area (Å²) >= 11 is 6.83. The van der Waals surface area contributed by atoms with E-state index in [-0.39, 0.29) is 0 Å². The number of benzene rings is 1. The molecule has 0 fully saturated rings. The van der Waals surface area contributed by atoms with Gasteiger partial charge in [-0.3, -0.25) is 0 Å². The van der Waals surface area contributed by atoms with Gasteiger partial charge in [0.1, 0.15) is 0 Å². The Kier molecular flexibility index (Phi) is 9.46. The molecule has 1 aromatic carbocycles. The maximum atomic E-state index is 3.42. The highest BCUT2D eigenvalue weighted by Crippen LogP contribution is 2.17. The maximum Gasteiger partial charge on any atom is 0.0285 e. The molecule has 0 saturated carbocycles. The summed E-state index contributed by atoms with van der Waals surface area (Å²) in [5.41, 5.74) is 2.68. The first-order valence-electron chi connectivity index (χ1n) is 5.11. The fourth-order valence-corrected chi connectivity index (χ4v) is 2.16. The van der Waals surface area contributed by atoms with Crippen molar-refractivity contribution < 1.29 is 0 Å². The average Bonchev–Trinajstić information content (AvgIpc) is 2.20. The molecule has 0 atom stereocenters. The third kappa shape index (κ3) is 7.09. The number of nitrogens with one attached hydrogen (secondary N) is 1. The lowest BCUT2D eigenvalue weighted by Crippen LogP contribution is -2.04. The van der Waals surface area contributed by atoms with Crippen molar-refractivity contribution in [2.45, 2.75) is 25.6 Å². The van der Waals surface area contributed by atoms with Crippen molar-refractivity contribution in [3.8, 4) is 0 Å². The minimum atomic E-state index is 0.937. The third-order valence-corrected chi connectivity index (χ3v) is 3.05. The van der Waals surface area contributed by atoms with E-state index in [2.05, 4.69) is 69.2 Å². The van der Waals surface area contributed by atoms with Crippen molar-refractivity contribution in [1.82, 2.24) is 5.32 Å². The monoisotopic (exact) mass is 335 g/mol. The summed E-state index contributed by atoms with van der Waals surface area (Å²) in [6.45, 7) is 5.40. The first kappa shape index (κ1) is 15.1. The Balaban J connectivity index is 0.000000336. The van der Waals surface area contributed by atoms with E-state index in [1.807, 2.05) is 7.05 Å². The van der Waals surface area contributed by atoms with Gasteiger partial charge in [0.05, 0.1) is 0 Å². The van der Waals surface area contributed by atoms with Gasteiger partial charge in [-0.15, -0.1) is 0 Å². The van der Waals surface area contributed by atoms with Crippen LogP contribution in [-0.2, 0) is 5.33 Å². The Hall–Kier alpha value is 0.140. The van der Waals surface area contributed by atoms with Crippen LogP contribution >= 0.6 is 31.9 Å². The van der Waals surface area contributed by atoms with Gasteiger partial charge >= 0.3 is 0 Å². The van der Waals surface area contributed by atoms with E-state index in [1.165, 1.54) is 17.5 Å². The molecule has 0 heterocycles. The molecular formula is C12H19Br2N. The van der Waals surface area contributed by atoms with Gasteiger partial charge < -0.3 is 5.32 Å². The van der Waals surface area contributed by atoms with Crippen LogP contribution in [0.5, 0.6) is 0 Å². The molecule has 86 valence electrons. The molecular weight excluding hydrogens is 318 g/mol. The predicted octanol–water partition coefficient (Wildman–Crippen LogP) is 4.27. The van der Waals surface area contributed by atoms with Gasteiger partial charge in [-0.25, -0.2) is 0 Å². The summed E-state index contributed by atoms with van der Waals surface area (Å²) in [7, 11) is 1.96.